The highest BCUT2D eigenvalue weighted by molar-refractivity contribution is 7.91. The predicted molar refractivity (Wildman–Crippen MR) is 93.3 cm³/mol. The quantitative estimate of drug-likeness (QED) is 0.518. The van der Waals surface area contributed by atoms with E-state index in [1.165, 1.54) is 0 Å². The van der Waals surface area contributed by atoms with Gasteiger partial charge in [0, 0.05) is 18.5 Å². The summed E-state index contributed by atoms with van der Waals surface area (Å²) in [5.74, 6) is 0.399. The van der Waals surface area contributed by atoms with Crippen LogP contribution in [0.2, 0.25) is 0 Å². The minimum absolute atomic E-state index is 0. The number of nitrogen functional groups attached to an aromatic ring is 1. The number of aliphatic hydroxyl groups excluding tert-OH is 1. The monoisotopic (exact) mass is 385 g/mol. The van der Waals surface area contributed by atoms with Gasteiger partial charge in [-0.3, -0.25) is 0 Å². The molecule has 0 aromatic carbocycles. The Morgan fingerprint density at radius 1 is 1.17 bits per heavy atom. The minimum Gasteiger partial charge on any atom is -0.390 e. The van der Waals surface area contributed by atoms with Gasteiger partial charge in [-0.1, -0.05) is 0 Å². The normalized spacial score (nSPS) is 25.4. The number of halogens is 2. The molecule has 1 fully saturated rings. The SMILES string of the molecule is Cl.Cl.Nc1nc2c(c(N[C@@H]3CS(=O)(=O)C[C@H]3O)n1)CCNCC2. The maximum absolute atomic E-state index is 11.6. The number of sulfone groups is 1. The summed E-state index contributed by atoms with van der Waals surface area (Å²) in [6, 6.07) is -0.551. The Kier molecular flexibility index (Phi) is 6.84. The topological polar surface area (TPSA) is 130 Å². The molecule has 5 N–H and O–H groups in total. The minimum atomic E-state index is -3.20. The van der Waals surface area contributed by atoms with Crippen LogP contribution in [0.1, 0.15) is 11.3 Å². The summed E-state index contributed by atoms with van der Waals surface area (Å²) < 4.78 is 23.2. The van der Waals surface area contributed by atoms with Crippen LogP contribution in [-0.4, -0.2) is 60.2 Å². The van der Waals surface area contributed by atoms with E-state index in [1.807, 2.05) is 0 Å². The Hall–Kier alpha value is -0.870. The Morgan fingerprint density at radius 2 is 1.87 bits per heavy atom. The first kappa shape index (κ1) is 20.2. The number of rotatable bonds is 2. The van der Waals surface area contributed by atoms with Crippen LogP contribution in [0, 0.1) is 0 Å². The molecule has 1 aromatic rings. The first-order chi connectivity index (χ1) is 9.94. The zero-order chi connectivity index (χ0) is 15.0. The standard InChI is InChI=1S/C12H19N5O3S.2ClH/c13-12-16-8-2-4-14-3-1-7(8)11(17-12)15-9-5-21(19,20)6-10(9)18;;/h9-10,14,18H,1-6H2,(H3,13,15,16,17);2*1H/t9-,10-;;/m1../s1. The lowest BCUT2D eigenvalue weighted by Crippen LogP contribution is -2.33. The zero-order valence-electron chi connectivity index (χ0n) is 12.4. The van der Waals surface area contributed by atoms with E-state index < -0.39 is 22.0 Å². The van der Waals surface area contributed by atoms with E-state index in [1.54, 1.807) is 0 Å². The van der Waals surface area contributed by atoms with Crippen molar-refractivity contribution >= 4 is 46.4 Å². The number of aromatic nitrogens is 2. The van der Waals surface area contributed by atoms with Gasteiger partial charge in [0.05, 0.1) is 29.3 Å². The van der Waals surface area contributed by atoms with Crippen molar-refractivity contribution in [1.29, 1.82) is 0 Å². The Morgan fingerprint density at radius 3 is 2.52 bits per heavy atom. The van der Waals surface area contributed by atoms with Crippen molar-refractivity contribution in [3.63, 3.8) is 0 Å². The van der Waals surface area contributed by atoms with E-state index in [2.05, 4.69) is 20.6 Å². The Labute approximate surface area is 147 Å². The van der Waals surface area contributed by atoms with E-state index in [0.717, 1.165) is 37.2 Å². The van der Waals surface area contributed by atoms with Crippen LogP contribution >= 0.6 is 24.8 Å². The van der Waals surface area contributed by atoms with Crippen LogP contribution in [0.4, 0.5) is 11.8 Å². The highest BCUT2D eigenvalue weighted by Gasteiger charge is 2.37. The third-order valence-corrected chi connectivity index (χ3v) is 5.56. The number of nitrogens with zero attached hydrogens (tertiary/aromatic N) is 2. The first-order valence-corrected chi connectivity index (χ1v) is 8.78. The number of aliphatic hydroxyl groups is 1. The number of nitrogens with two attached hydrogens (primary N) is 1. The van der Waals surface area contributed by atoms with Gasteiger partial charge in [-0.05, 0) is 13.0 Å². The molecule has 1 saturated heterocycles. The average molecular weight is 386 g/mol. The van der Waals surface area contributed by atoms with E-state index >= 15 is 0 Å². The predicted octanol–water partition coefficient (Wildman–Crippen LogP) is -0.840. The fourth-order valence-corrected chi connectivity index (χ4v) is 4.57. The molecule has 3 rings (SSSR count). The summed E-state index contributed by atoms with van der Waals surface area (Å²) in [6.07, 6.45) is 0.571. The molecule has 0 spiro atoms. The maximum atomic E-state index is 11.6. The van der Waals surface area contributed by atoms with Crippen LogP contribution in [0.15, 0.2) is 0 Å². The van der Waals surface area contributed by atoms with E-state index in [4.69, 9.17) is 5.73 Å². The second kappa shape index (κ2) is 7.80. The zero-order valence-corrected chi connectivity index (χ0v) is 14.8. The van der Waals surface area contributed by atoms with Crippen LogP contribution in [0.25, 0.3) is 0 Å². The molecule has 2 aliphatic rings. The van der Waals surface area contributed by atoms with Crippen molar-refractivity contribution in [2.24, 2.45) is 0 Å². The lowest BCUT2D eigenvalue weighted by Gasteiger charge is -2.19. The van der Waals surface area contributed by atoms with Crippen molar-refractivity contribution in [2.75, 3.05) is 35.6 Å². The second-order valence-electron chi connectivity index (χ2n) is 5.50. The fourth-order valence-electron chi connectivity index (χ4n) is 2.83. The van der Waals surface area contributed by atoms with Crippen molar-refractivity contribution in [3.8, 4) is 0 Å². The molecule has 0 bridgehead atoms. The third kappa shape index (κ3) is 4.57. The largest absolute Gasteiger partial charge is 0.390 e. The van der Waals surface area contributed by atoms with E-state index in [-0.39, 0.29) is 42.3 Å². The van der Waals surface area contributed by atoms with Crippen LogP contribution in [0.3, 0.4) is 0 Å². The lowest BCUT2D eigenvalue weighted by atomic mass is 10.1. The molecule has 11 heteroatoms. The van der Waals surface area contributed by atoms with Gasteiger partial charge >= 0.3 is 0 Å². The van der Waals surface area contributed by atoms with Crippen molar-refractivity contribution in [3.05, 3.63) is 11.3 Å². The Balaban J connectivity index is 0.00000132. The van der Waals surface area contributed by atoms with Crippen molar-refractivity contribution < 1.29 is 13.5 Å². The summed E-state index contributed by atoms with van der Waals surface area (Å²) in [7, 11) is -3.20. The molecular weight excluding hydrogens is 365 g/mol. The maximum Gasteiger partial charge on any atom is 0.222 e. The number of hydrogen-bond donors (Lipinski definition) is 4. The number of anilines is 2. The van der Waals surface area contributed by atoms with Gasteiger partial charge in [-0.2, -0.15) is 4.98 Å². The van der Waals surface area contributed by atoms with Gasteiger partial charge in [0.1, 0.15) is 5.82 Å². The number of fused-ring (bicyclic) bond motifs is 1. The first-order valence-electron chi connectivity index (χ1n) is 6.95. The summed E-state index contributed by atoms with van der Waals surface area (Å²) in [4.78, 5) is 8.46. The van der Waals surface area contributed by atoms with Crippen LogP contribution in [0.5, 0.6) is 0 Å². The molecule has 0 unspecified atom stereocenters. The number of nitrogens with one attached hydrogen (secondary N) is 2. The molecule has 0 radical (unpaired) electrons. The molecule has 3 heterocycles. The van der Waals surface area contributed by atoms with Gasteiger partial charge in [0.25, 0.3) is 0 Å². The summed E-state index contributed by atoms with van der Waals surface area (Å²) in [5, 5.41) is 16.2. The van der Waals surface area contributed by atoms with E-state index in [0.29, 0.717) is 5.82 Å². The third-order valence-electron chi connectivity index (χ3n) is 3.85. The average Bonchev–Trinajstić information content (AvgIpc) is 2.56. The molecule has 0 saturated carbocycles. The Bertz CT molecular complexity index is 658. The fraction of sp³-hybridized carbons (Fsp3) is 0.667. The molecule has 1 aromatic heterocycles. The van der Waals surface area contributed by atoms with Gasteiger partial charge < -0.3 is 21.5 Å². The summed E-state index contributed by atoms with van der Waals surface area (Å²) >= 11 is 0. The molecule has 8 nitrogen and oxygen atoms in total. The molecule has 0 amide bonds. The van der Waals surface area contributed by atoms with Gasteiger partial charge in [-0.15, -0.1) is 24.8 Å². The van der Waals surface area contributed by atoms with E-state index in [9.17, 15) is 13.5 Å². The summed E-state index contributed by atoms with van der Waals surface area (Å²) in [5.41, 5.74) is 7.56. The highest BCUT2D eigenvalue weighted by atomic mass is 35.5. The molecular formula is C12H21Cl2N5O3S. The lowest BCUT2D eigenvalue weighted by molar-refractivity contribution is 0.190. The van der Waals surface area contributed by atoms with Crippen LogP contribution < -0.4 is 16.4 Å². The van der Waals surface area contributed by atoms with Gasteiger partial charge in [-0.25, -0.2) is 13.4 Å². The second-order valence-corrected chi connectivity index (χ2v) is 7.65. The van der Waals surface area contributed by atoms with Crippen molar-refractivity contribution in [2.45, 2.75) is 25.0 Å². The molecule has 2 aliphatic heterocycles. The van der Waals surface area contributed by atoms with Crippen LogP contribution in [-0.2, 0) is 22.7 Å². The molecule has 0 aliphatic carbocycles. The smallest absolute Gasteiger partial charge is 0.222 e. The molecule has 132 valence electrons. The highest BCUT2D eigenvalue weighted by Crippen LogP contribution is 2.24. The summed E-state index contributed by atoms with van der Waals surface area (Å²) in [6.45, 7) is 1.63. The van der Waals surface area contributed by atoms with Gasteiger partial charge in [0.15, 0.2) is 9.84 Å². The van der Waals surface area contributed by atoms with Crippen molar-refractivity contribution in [1.82, 2.24) is 15.3 Å². The number of hydrogen-bond acceptors (Lipinski definition) is 8. The van der Waals surface area contributed by atoms with Gasteiger partial charge in [0.2, 0.25) is 5.95 Å². The molecule has 23 heavy (non-hydrogen) atoms. The molecule has 2 atom stereocenters.